The molecule has 0 fully saturated rings. The first-order valence-corrected chi connectivity index (χ1v) is 7.65. The molecule has 1 aromatic heterocycles. The fourth-order valence-electron chi connectivity index (χ4n) is 0.962. The van der Waals surface area contributed by atoms with Crippen molar-refractivity contribution in [2.45, 2.75) is 18.7 Å². The zero-order chi connectivity index (χ0) is 10.6. The van der Waals surface area contributed by atoms with Gasteiger partial charge in [0.15, 0.2) is 0 Å². The van der Waals surface area contributed by atoms with Gasteiger partial charge in [-0.3, -0.25) is 4.21 Å². The third kappa shape index (κ3) is 4.21. The molecule has 0 spiro atoms. The summed E-state index contributed by atoms with van der Waals surface area (Å²) in [5, 5.41) is 5.58. The Hall–Kier alpha value is 0.290. The van der Waals surface area contributed by atoms with Gasteiger partial charge in [0.1, 0.15) is 0 Å². The lowest BCUT2D eigenvalue weighted by Gasteiger charge is -2.08. The topological polar surface area (TPSA) is 29.1 Å². The molecule has 14 heavy (non-hydrogen) atoms. The zero-order valence-electron chi connectivity index (χ0n) is 8.25. The number of rotatable bonds is 5. The van der Waals surface area contributed by atoms with E-state index in [9.17, 15) is 4.21 Å². The Bertz CT molecular complexity index is 314. The molecule has 0 aliphatic heterocycles. The Balaban J connectivity index is 2.25. The van der Waals surface area contributed by atoms with E-state index < -0.39 is 10.8 Å². The van der Waals surface area contributed by atoms with E-state index in [-0.39, 0.29) is 5.25 Å². The monoisotopic (exact) mass is 295 g/mol. The first-order valence-electron chi connectivity index (χ1n) is 4.35. The number of hydrogen-bond acceptors (Lipinski definition) is 3. The maximum Gasteiger partial charge on any atom is 0.0441 e. The van der Waals surface area contributed by atoms with Crippen molar-refractivity contribution in [3.63, 3.8) is 0 Å². The van der Waals surface area contributed by atoms with Crippen LogP contribution in [-0.2, 0) is 17.3 Å². The third-order valence-electron chi connectivity index (χ3n) is 1.92. The van der Waals surface area contributed by atoms with Crippen molar-refractivity contribution < 1.29 is 4.21 Å². The highest BCUT2D eigenvalue weighted by Crippen LogP contribution is 2.19. The van der Waals surface area contributed by atoms with E-state index in [0.29, 0.717) is 0 Å². The Morgan fingerprint density at radius 1 is 1.71 bits per heavy atom. The van der Waals surface area contributed by atoms with E-state index in [1.54, 1.807) is 17.6 Å². The molecule has 0 aromatic carbocycles. The molecular formula is C9H14BrNOS2. The van der Waals surface area contributed by atoms with E-state index >= 15 is 0 Å². The number of halogens is 1. The van der Waals surface area contributed by atoms with E-state index in [2.05, 4.69) is 32.7 Å². The standard InChI is InChI=1S/C9H14BrNOS2/c1-7(14(2)12)4-11-5-9-3-8(10)6-13-9/h3,6-7,11H,4-5H2,1-2H3. The van der Waals surface area contributed by atoms with Crippen molar-refractivity contribution in [1.29, 1.82) is 0 Å². The van der Waals surface area contributed by atoms with Gasteiger partial charge in [0.25, 0.3) is 0 Å². The van der Waals surface area contributed by atoms with E-state index in [1.165, 1.54) is 4.88 Å². The molecule has 1 aromatic rings. The van der Waals surface area contributed by atoms with Crippen LogP contribution >= 0.6 is 27.3 Å². The fraction of sp³-hybridized carbons (Fsp3) is 0.556. The lowest BCUT2D eigenvalue weighted by molar-refractivity contribution is 0.649. The Morgan fingerprint density at radius 3 is 2.93 bits per heavy atom. The van der Waals surface area contributed by atoms with Crippen molar-refractivity contribution >= 4 is 38.1 Å². The summed E-state index contributed by atoms with van der Waals surface area (Å²) in [5.74, 6) is 0. The largest absolute Gasteiger partial charge is 0.311 e. The zero-order valence-corrected chi connectivity index (χ0v) is 11.5. The average molecular weight is 296 g/mol. The molecular weight excluding hydrogens is 282 g/mol. The van der Waals surface area contributed by atoms with Crippen LogP contribution < -0.4 is 5.32 Å². The lowest BCUT2D eigenvalue weighted by atomic mass is 10.4. The van der Waals surface area contributed by atoms with Gasteiger partial charge < -0.3 is 5.32 Å². The molecule has 0 aliphatic rings. The molecule has 1 rings (SSSR count). The lowest BCUT2D eigenvalue weighted by Crippen LogP contribution is -2.26. The average Bonchev–Trinajstić information content (AvgIpc) is 2.51. The van der Waals surface area contributed by atoms with Crippen molar-refractivity contribution in [1.82, 2.24) is 5.32 Å². The smallest absolute Gasteiger partial charge is 0.0441 e. The molecule has 0 radical (unpaired) electrons. The van der Waals surface area contributed by atoms with Crippen molar-refractivity contribution in [3.05, 3.63) is 20.8 Å². The van der Waals surface area contributed by atoms with Crippen molar-refractivity contribution in [3.8, 4) is 0 Å². The fourth-order valence-corrected chi connectivity index (χ4v) is 2.74. The van der Waals surface area contributed by atoms with E-state index in [1.807, 2.05) is 6.92 Å². The molecule has 0 amide bonds. The van der Waals surface area contributed by atoms with Crippen LogP contribution in [0, 0.1) is 0 Å². The summed E-state index contributed by atoms with van der Waals surface area (Å²) < 4.78 is 12.2. The van der Waals surface area contributed by atoms with Crippen LogP contribution in [0.5, 0.6) is 0 Å². The highest BCUT2D eigenvalue weighted by molar-refractivity contribution is 9.10. The first kappa shape index (κ1) is 12.4. The van der Waals surface area contributed by atoms with Gasteiger partial charge in [-0.1, -0.05) is 0 Å². The normalized spacial score (nSPS) is 15.4. The maximum absolute atomic E-state index is 11.1. The highest BCUT2D eigenvalue weighted by atomic mass is 79.9. The molecule has 80 valence electrons. The van der Waals surface area contributed by atoms with Gasteiger partial charge >= 0.3 is 0 Å². The van der Waals surface area contributed by atoms with Crippen LogP contribution in [0.25, 0.3) is 0 Å². The van der Waals surface area contributed by atoms with Crippen LogP contribution in [0.2, 0.25) is 0 Å². The van der Waals surface area contributed by atoms with Gasteiger partial charge in [-0.25, -0.2) is 0 Å². The van der Waals surface area contributed by atoms with Gasteiger partial charge in [0.2, 0.25) is 0 Å². The Kier molecular flexibility index (Phi) is 5.30. The van der Waals surface area contributed by atoms with Crippen LogP contribution in [-0.4, -0.2) is 22.3 Å². The minimum Gasteiger partial charge on any atom is -0.311 e. The minimum atomic E-state index is -0.731. The molecule has 2 unspecified atom stereocenters. The van der Waals surface area contributed by atoms with Gasteiger partial charge in [-0.2, -0.15) is 0 Å². The van der Waals surface area contributed by atoms with Crippen LogP contribution in [0.4, 0.5) is 0 Å². The molecule has 1 N–H and O–H groups in total. The van der Waals surface area contributed by atoms with Crippen LogP contribution in [0.15, 0.2) is 15.9 Å². The quantitative estimate of drug-likeness (QED) is 0.904. The number of nitrogens with one attached hydrogen (secondary N) is 1. The maximum atomic E-state index is 11.1. The second kappa shape index (κ2) is 6.00. The van der Waals surface area contributed by atoms with Crippen LogP contribution in [0.3, 0.4) is 0 Å². The summed E-state index contributed by atoms with van der Waals surface area (Å²) in [6.45, 7) is 3.66. The Labute approximate surface area is 99.7 Å². The van der Waals surface area contributed by atoms with E-state index in [4.69, 9.17) is 0 Å². The molecule has 0 saturated carbocycles. The predicted octanol–water partition coefficient (Wildman–Crippen LogP) is 2.37. The Morgan fingerprint density at radius 2 is 2.43 bits per heavy atom. The predicted molar refractivity (Wildman–Crippen MR) is 67.3 cm³/mol. The molecule has 0 bridgehead atoms. The molecule has 0 aliphatic carbocycles. The molecule has 1 heterocycles. The summed E-state index contributed by atoms with van der Waals surface area (Å²) in [7, 11) is -0.731. The summed E-state index contributed by atoms with van der Waals surface area (Å²) in [5.41, 5.74) is 0. The second-order valence-corrected chi connectivity index (χ2v) is 6.88. The summed E-state index contributed by atoms with van der Waals surface area (Å²) in [4.78, 5) is 1.30. The molecule has 2 nitrogen and oxygen atoms in total. The summed E-state index contributed by atoms with van der Waals surface area (Å²) in [6, 6.07) is 2.10. The molecule has 5 heteroatoms. The van der Waals surface area contributed by atoms with E-state index in [0.717, 1.165) is 17.6 Å². The van der Waals surface area contributed by atoms with Gasteiger partial charge in [0, 0.05) is 50.1 Å². The number of thiophene rings is 1. The summed E-state index contributed by atoms with van der Waals surface area (Å²) in [6.07, 6.45) is 1.74. The van der Waals surface area contributed by atoms with Gasteiger partial charge in [0.05, 0.1) is 0 Å². The van der Waals surface area contributed by atoms with Crippen molar-refractivity contribution in [2.24, 2.45) is 0 Å². The third-order valence-corrected chi connectivity index (χ3v) is 4.92. The molecule has 2 atom stereocenters. The van der Waals surface area contributed by atoms with Crippen molar-refractivity contribution in [2.75, 3.05) is 12.8 Å². The summed E-state index contributed by atoms with van der Waals surface area (Å²) >= 11 is 5.13. The molecule has 0 saturated heterocycles. The van der Waals surface area contributed by atoms with Gasteiger partial charge in [-0.15, -0.1) is 11.3 Å². The first-order chi connectivity index (χ1) is 6.59. The second-order valence-electron chi connectivity index (χ2n) is 3.17. The minimum absolute atomic E-state index is 0.221. The highest BCUT2D eigenvalue weighted by Gasteiger charge is 2.05. The van der Waals surface area contributed by atoms with Crippen LogP contribution in [0.1, 0.15) is 11.8 Å². The SMILES string of the molecule is CC(CNCc1cc(Br)cs1)S(C)=O. The number of hydrogen-bond donors (Lipinski definition) is 1. The van der Waals surface area contributed by atoms with Gasteiger partial charge in [-0.05, 0) is 28.9 Å².